The zero-order chi connectivity index (χ0) is 15.6. The highest BCUT2D eigenvalue weighted by Crippen LogP contribution is 2.48. The molecular formula is C17H23NO4. The third kappa shape index (κ3) is 2.83. The number of amides is 1. The molecule has 2 aliphatic rings. The molecule has 1 aliphatic heterocycles. The van der Waals surface area contributed by atoms with Crippen molar-refractivity contribution in [1.82, 2.24) is 5.32 Å². The minimum absolute atomic E-state index is 0.0411. The van der Waals surface area contributed by atoms with Gasteiger partial charge in [-0.2, -0.15) is 0 Å². The molecule has 0 unspecified atom stereocenters. The van der Waals surface area contributed by atoms with Crippen LogP contribution in [0.1, 0.15) is 25.3 Å². The summed E-state index contributed by atoms with van der Waals surface area (Å²) in [6, 6.07) is 7.73. The molecule has 3 rings (SSSR count). The number of nitrogens with one attached hydrogen (secondary N) is 1. The molecular weight excluding hydrogens is 282 g/mol. The maximum absolute atomic E-state index is 12.7. The highest BCUT2D eigenvalue weighted by molar-refractivity contribution is 5.91. The Balaban J connectivity index is 1.68. The molecule has 5 nitrogen and oxygen atoms in total. The van der Waals surface area contributed by atoms with E-state index in [1.54, 1.807) is 7.11 Å². The van der Waals surface area contributed by atoms with Crippen molar-refractivity contribution in [1.29, 1.82) is 0 Å². The maximum atomic E-state index is 12.7. The molecule has 0 aromatic heterocycles. The van der Waals surface area contributed by atoms with E-state index in [2.05, 4.69) is 5.32 Å². The summed E-state index contributed by atoms with van der Waals surface area (Å²) in [6.07, 6.45) is 1.73. The molecule has 1 amide bonds. The molecule has 0 spiro atoms. The number of hydrogen-bond acceptors (Lipinski definition) is 4. The molecule has 1 N–H and O–H groups in total. The minimum Gasteiger partial charge on any atom is -0.497 e. The molecule has 0 radical (unpaired) electrons. The molecule has 1 heterocycles. The van der Waals surface area contributed by atoms with Crippen molar-refractivity contribution < 1.29 is 19.0 Å². The smallest absolute Gasteiger partial charge is 0.231 e. The predicted octanol–water partition coefficient (Wildman–Crippen LogP) is 1.65. The van der Waals surface area contributed by atoms with E-state index in [-0.39, 0.29) is 23.5 Å². The molecule has 1 saturated heterocycles. The van der Waals surface area contributed by atoms with Crippen LogP contribution in [0, 0.1) is 0 Å². The standard InChI is InChI=1S/C17H23NO4/c1-3-22-15-11-21-10-14(15)18-16(19)17(8-9-17)12-4-6-13(20-2)7-5-12/h4-7,14-15H,3,8-11H2,1-2H3,(H,18,19)/t14-,15-/m0/s1. The number of ether oxygens (including phenoxy) is 3. The van der Waals surface area contributed by atoms with Crippen LogP contribution >= 0.6 is 0 Å². The number of benzene rings is 1. The van der Waals surface area contributed by atoms with Crippen molar-refractivity contribution in [2.24, 2.45) is 0 Å². The summed E-state index contributed by atoms with van der Waals surface area (Å²) >= 11 is 0. The van der Waals surface area contributed by atoms with Gasteiger partial charge in [0.15, 0.2) is 0 Å². The third-order valence-corrected chi connectivity index (χ3v) is 4.55. The van der Waals surface area contributed by atoms with Crippen LogP contribution in [0.25, 0.3) is 0 Å². The average Bonchev–Trinajstić information content (AvgIpc) is 3.25. The van der Waals surface area contributed by atoms with E-state index in [0.717, 1.165) is 24.2 Å². The molecule has 1 aromatic rings. The fraction of sp³-hybridized carbons (Fsp3) is 0.588. The van der Waals surface area contributed by atoms with E-state index in [4.69, 9.17) is 14.2 Å². The van der Waals surface area contributed by atoms with Crippen molar-refractivity contribution in [2.45, 2.75) is 37.3 Å². The van der Waals surface area contributed by atoms with Crippen LogP contribution in [0.15, 0.2) is 24.3 Å². The third-order valence-electron chi connectivity index (χ3n) is 4.55. The van der Waals surface area contributed by atoms with Gasteiger partial charge in [0, 0.05) is 6.61 Å². The number of carbonyl (C=O) groups excluding carboxylic acids is 1. The van der Waals surface area contributed by atoms with Gasteiger partial charge >= 0.3 is 0 Å². The lowest BCUT2D eigenvalue weighted by molar-refractivity contribution is -0.125. The molecule has 5 heteroatoms. The van der Waals surface area contributed by atoms with E-state index in [0.29, 0.717) is 19.8 Å². The first-order chi connectivity index (χ1) is 10.7. The van der Waals surface area contributed by atoms with Crippen LogP contribution in [-0.2, 0) is 19.7 Å². The number of methoxy groups -OCH3 is 1. The zero-order valence-electron chi connectivity index (χ0n) is 13.1. The van der Waals surface area contributed by atoms with Crippen molar-refractivity contribution in [3.8, 4) is 5.75 Å². The highest BCUT2D eigenvalue weighted by Gasteiger charge is 2.52. The second-order valence-corrected chi connectivity index (χ2v) is 5.92. The zero-order valence-corrected chi connectivity index (χ0v) is 13.1. The summed E-state index contributed by atoms with van der Waals surface area (Å²) in [5, 5.41) is 3.12. The van der Waals surface area contributed by atoms with Gasteiger partial charge in [-0.3, -0.25) is 4.79 Å². The van der Waals surface area contributed by atoms with Gasteiger partial charge in [-0.1, -0.05) is 12.1 Å². The number of hydrogen-bond donors (Lipinski definition) is 1. The first-order valence-corrected chi connectivity index (χ1v) is 7.84. The normalized spacial score (nSPS) is 25.7. The van der Waals surface area contributed by atoms with Gasteiger partial charge in [-0.05, 0) is 37.5 Å². The largest absolute Gasteiger partial charge is 0.497 e. The Labute approximate surface area is 130 Å². The minimum atomic E-state index is -0.383. The van der Waals surface area contributed by atoms with Gasteiger partial charge in [0.05, 0.1) is 31.8 Å². The first kappa shape index (κ1) is 15.3. The van der Waals surface area contributed by atoms with Crippen molar-refractivity contribution >= 4 is 5.91 Å². The van der Waals surface area contributed by atoms with Crippen LogP contribution in [0.3, 0.4) is 0 Å². The van der Waals surface area contributed by atoms with Gasteiger partial charge in [0.2, 0.25) is 5.91 Å². The highest BCUT2D eigenvalue weighted by atomic mass is 16.5. The summed E-state index contributed by atoms with van der Waals surface area (Å²) in [4.78, 5) is 12.7. The van der Waals surface area contributed by atoms with Crippen LogP contribution in [-0.4, -0.2) is 45.0 Å². The molecule has 2 atom stereocenters. The van der Waals surface area contributed by atoms with Crippen LogP contribution < -0.4 is 10.1 Å². The summed E-state index contributed by atoms with van der Waals surface area (Å²) in [6.45, 7) is 3.66. The summed E-state index contributed by atoms with van der Waals surface area (Å²) in [7, 11) is 1.64. The Kier molecular flexibility index (Phi) is 4.36. The first-order valence-electron chi connectivity index (χ1n) is 7.84. The maximum Gasteiger partial charge on any atom is 0.231 e. The molecule has 2 fully saturated rings. The summed E-state index contributed by atoms with van der Waals surface area (Å²) in [5.41, 5.74) is 0.670. The van der Waals surface area contributed by atoms with E-state index in [1.165, 1.54) is 0 Å². The molecule has 1 aromatic carbocycles. The Morgan fingerprint density at radius 2 is 2.05 bits per heavy atom. The van der Waals surface area contributed by atoms with Gasteiger partial charge < -0.3 is 19.5 Å². The lowest BCUT2D eigenvalue weighted by atomic mass is 9.94. The molecule has 1 saturated carbocycles. The molecule has 1 aliphatic carbocycles. The van der Waals surface area contributed by atoms with Gasteiger partial charge in [-0.15, -0.1) is 0 Å². The van der Waals surface area contributed by atoms with Crippen molar-refractivity contribution in [3.05, 3.63) is 29.8 Å². The predicted molar refractivity (Wildman–Crippen MR) is 82.1 cm³/mol. The lowest BCUT2D eigenvalue weighted by Gasteiger charge is -2.23. The van der Waals surface area contributed by atoms with Crippen molar-refractivity contribution in [2.75, 3.05) is 26.9 Å². The van der Waals surface area contributed by atoms with Crippen molar-refractivity contribution in [3.63, 3.8) is 0 Å². The van der Waals surface area contributed by atoms with Gasteiger partial charge in [0.25, 0.3) is 0 Å². The molecule has 0 bridgehead atoms. The molecule has 22 heavy (non-hydrogen) atoms. The topological polar surface area (TPSA) is 56.8 Å². The molecule has 120 valence electrons. The van der Waals surface area contributed by atoms with Crippen LogP contribution in [0.4, 0.5) is 0 Å². The van der Waals surface area contributed by atoms with Crippen LogP contribution in [0.2, 0.25) is 0 Å². The Hall–Kier alpha value is -1.59. The Morgan fingerprint density at radius 3 is 2.64 bits per heavy atom. The van der Waals surface area contributed by atoms with Gasteiger partial charge in [0.1, 0.15) is 11.9 Å². The second kappa shape index (κ2) is 6.26. The monoisotopic (exact) mass is 305 g/mol. The lowest BCUT2D eigenvalue weighted by Crippen LogP contribution is -2.47. The van der Waals surface area contributed by atoms with E-state index in [9.17, 15) is 4.79 Å². The second-order valence-electron chi connectivity index (χ2n) is 5.92. The summed E-state index contributed by atoms with van der Waals surface area (Å²) in [5.74, 6) is 0.887. The number of rotatable bonds is 6. The quantitative estimate of drug-likeness (QED) is 0.868. The SMILES string of the molecule is CCO[C@H]1COC[C@@H]1NC(=O)C1(c2ccc(OC)cc2)CC1. The Bertz CT molecular complexity index is 524. The summed E-state index contributed by atoms with van der Waals surface area (Å²) < 4.78 is 16.2. The van der Waals surface area contributed by atoms with Crippen LogP contribution in [0.5, 0.6) is 5.75 Å². The van der Waals surface area contributed by atoms with E-state index in [1.807, 2.05) is 31.2 Å². The fourth-order valence-electron chi connectivity index (χ4n) is 3.04. The van der Waals surface area contributed by atoms with E-state index >= 15 is 0 Å². The average molecular weight is 305 g/mol. The van der Waals surface area contributed by atoms with E-state index < -0.39 is 0 Å². The fourth-order valence-corrected chi connectivity index (χ4v) is 3.04. The Morgan fingerprint density at radius 1 is 1.32 bits per heavy atom. The number of carbonyl (C=O) groups is 1. The van der Waals surface area contributed by atoms with Gasteiger partial charge in [-0.25, -0.2) is 0 Å².